The van der Waals surface area contributed by atoms with Crippen LogP contribution >= 0.6 is 0 Å². The van der Waals surface area contributed by atoms with Gasteiger partial charge in [0.25, 0.3) is 0 Å². The Bertz CT molecular complexity index is 447. The fourth-order valence-corrected chi connectivity index (χ4v) is 2.82. The third-order valence-corrected chi connectivity index (χ3v) is 3.91. The van der Waals surface area contributed by atoms with Gasteiger partial charge >= 0.3 is 5.97 Å². The van der Waals surface area contributed by atoms with Crippen LogP contribution in [-0.4, -0.2) is 17.6 Å². The number of carbonyl (C=O) groups is 1. The Kier molecular flexibility index (Phi) is 3.09. The number of rotatable bonds is 3. The SMILES string of the molecule is C=C[C@@]1(CC)CCCn2c(C(=O)OC)ccc21. The van der Waals surface area contributed by atoms with Crippen molar-refractivity contribution in [2.75, 3.05) is 7.11 Å². The first-order valence-electron chi connectivity index (χ1n) is 6.10. The van der Waals surface area contributed by atoms with Gasteiger partial charge in [-0.15, -0.1) is 6.58 Å². The van der Waals surface area contributed by atoms with Gasteiger partial charge in [0.2, 0.25) is 0 Å². The summed E-state index contributed by atoms with van der Waals surface area (Å²) in [5, 5.41) is 0. The van der Waals surface area contributed by atoms with E-state index in [1.54, 1.807) is 0 Å². The van der Waals surface area contributed by atoms with E-state index in [-0.39, 0.29) is 11.4 Å². The monoisotopic (exact) mass is 233 g/mol. The zero-order chi connectivity index (χ0) is 12.5. The van der Waals surface area contributed by atoms with Crippen LogP contribution in [0.15, 0.2) is 24.8 Å². The normalized spacial score (nSPS) is 22.9. The number of hydrogen-bond acceptors (Lipinski definition) is 2. The van der Waals surface area contributed by atoms with Crippen molar-refractivity contribution in [1.29, 1.82) is 0 Å². The van der Waals surface area contributed by atoms with Crippen molar-refractivity contribution in [3.05, 3.63) is 36.2 Å². The first-order chi connectivity index (χ1) is 8.18. The van der Waals surface area contributed by atoms with E-state index in [0.29, 0.717) is 5.69 Å². The molecule has 0 N–H and O–H groups in total. The van der Waals surface area contributed by atoms with Crippen LogP contribution in [0.3, 0.4) is 0 Å². The topological polar surface area (TPSA) is 31.2 Å². The number of fused-ring (bicyclic) bond motifs is 1. The van der Waals surface area contributed by atoms with Crippen molar-refractivity contribution in [1.82, 2.24) is 4.57 Å². The Morgan fingerprint density at radius 2 is 2.41 bits per heavy atom. The second-order valence-electron chi connectivity index (χ2n) is 4.56. The molecule has 92 valence electrons. The van der Waals surface area contributed by atoms with Crippen molar-refractivity contribution in [3.8, 4) is 0 Å². The molecule has 2 heterocycles. The third kappa shape index (κ3) is 1.70. The number of carbonyl (C=O) groups excluding carboxylic acids is 1. The predicted octanol–water partition coefficient (Wildman–Crippen LogP) is 2.90. The van der Waals surface area contributed by atoms with Gasteiger partial charge in [-0.2, -0.15) is 0 Å². The van der Waals surface area contributed by atoms with E-state index in [1.165, 1.54) is 12.8 Å². The summed E-state index contributed by atoms with van der Waals surface area (Å²) in [6, 6.07) is 3.90. The van der Waals surface area contributed by atoms with Crippen LogP contribution in [0.25, 0.3) is 0 Å². The van der Waals surface area contributed by atoms with Crippen molar-refractivity contribution < 1.29 is 9.53 Å². The average molecular weight is 233 g/mol. The molecule has 1 aromatic heterocycles. The van der Waals surface area contributed by atoms with Gasteiger partial charge < -0.3 is 9.30 Å². The molecule has 0 saturated carbocycles. The molecule has 0 spiro atoms. The van der Waals surface area contributed by atoms with Crippen molar-refractivity contribution >= 4 is 5.97 Å². The number of hydrogen-bond donors (Lipinski definition) is 0. The Hall–Kier alpha value is -1.51. The van der Waals surface area contributed by atoms with E-state index in [9.17, 15) is 4.79 Å². The standard InChI is InChI=1S/C14H19NO2/c1-4-14(5-2)9-6-10-15-11(13(16)17-3)7-8-12(14)15/h4,7-8H,1,5-6,9-10H2,2-3H3/t14-/m1/s1. The van der Waals surface area contributed by atoms with Crippen LogP contribution in [0.4, 0.5) is 0 Å². The summed E-state index contributed by atoms with van der Waals surface area (Å²) >= 11 is 0. The number of aromatic nitrogens is 1. The van der Waals surface area contributed by atoms with Gasteiger partial charge in [0.05, 0.1) is 7.11 Å². The first-order valence-corrected chi connectivity index (χ1v) is 6.10. The van der Waals surface area contributed by atoms with Gasteiger partial charge in [0, 0.05) is 17.7 Å². The lowest BCUT2D eigenvalue weighted by molar-refractivity contribution is 0.0586. The smallest absolute Gasteiger partial charge is 0.354 e. The van der Waals surface area contributed by atoms with Crippen LogP contribution in [0, 0.1) is 0 Å². The maximum absolute atomic E-state index is 11.7. The second-order valence-corrected chi connectivity index (χ2v) is 4.56. The Balaban J connectivity index is 2.51. The molecule has 1 aliphatic heterocycles. The van der Waals surface area contributed by atoms with E-state index in [4.69, 9.17) is 4.74 Å². The van der Waals surface area contributed by atoms with Gasteiger partial charge in [-0.05, 0) is 31.4 Å². The minimum Gasteiger partial charge on any atom is -0.464 e. The van der Waals surface area contributed by atoms with Crippen LogP contribution in [-0.2, 0) is 16.7 Å². The van der Waals surface area contributed by atoms with E-state index in [2.05, 4.69) is 18.1 Å². The van der Waals surface area contributed by atoms with Gasteiger partial charge in [-0.25, -0.2) is 4.79 Å². The fraction of sp³-hybridized carbons (Fsp3) is 0.500. The summed E-state index contributed by atoms with van der Waals surface area (Å²) in [6.07, 6.45) is 5.23. The number of esters is 1. The second kappa shape index (κ2) is 4.40. The predicted molar refractivity (Wildman–Crippen MR) is 67.2 cm³/mol. The highest BCUT2D eigenvalue weighted by atomic mass is 16.5. The summed E-state index contributed by atoms with van der Waals surface area (Å²) < 4.78 is 6.89. The summed E-state index contributed by atoms with van der Waals surface area (Å²) in [7, 11) is 1.42. The molecule has 17 heavy (non-hydrogen) atoms. The van der Waals surface area contributed by atoms with E-state index in [1.807, 2.05) is 18.2 Å². The van der Waals surface area contributed by atoms with E-state index < -0.39 is 0 Å². The molecule has 0 unspecified atom stereocenters. The highest BCUT2D eigenvalue weighted by Crippen LogP contribution is 2.39. The molecule has 0 radical (unpaired) electrons. The summed E-state index contributed by atoms with van der Waals surface area (Å²) in [4.78, 5) is 11.7. The molecular formula is C14H19NO2. The quantitative estimate of drug-likeness (QED) is 0.593. The molecule has 2 rings (SSSR count). The van der Waals surface area contributed by atoms with Crippen LogP contribution < -0.4 is 0 Å². The summed E-state index contributed by atoms with van der Waals surface area (Å²) in [5.41, 5.74) is 1.87. The van der Waals surface area contributed by atoms with Gasteiger partial charge in [0.1, 0.15) is 5.69 Å². The lowest BCUT2D eigenvalue weighted by atomic mass is 9.76. The summed E-state index contributed by atoms with van der Waals surface area (Å²) in [6.45, 7) is 7.03. The molecular weight excluding hydrogens is 214 g/mol. The molecule has 1 aliphatic rings. The average Bonchev–Trinajstić information content (AvgIpc) is 2.81. The van der Waals surface area contributed by atoms with E-state index in [0.717, 1.165) is 25.8 Å². The number of nitrogens with zero attached hydrogens (tertiary/aromatic N) is 1. The van der Waals surface area contributed by atoms with Gasteiger partial charge in [0.15, 0.2) is 0 Å². The summed E-state index contributed by atoms with van der Waals surface area (Å²) in [5.74, 6) is -0.257. The molecule has 1 atom stereocenters. The van der Waals surface area contributed by atoms with Crippen molar-refractivity contribution in [2.24, 2.45) is 0 Å². The van der Waals surface area contributed by atoms with Crippen molar-refractivity contribution in [2.45, 2.75) is 38.1 Å². The lowest BCUT2D eigenvalue weighted by Crippen LogP contribution is -2.32. The fourth-order valence-electron chi connectivity index (χ4n) is 2.82. The van der Waals surface area contributed by atoms with Crippen LogP contribution in [0.2, 0.25) is 0 Å². The third-order valence-electron chi connectivity index (χ3n) is 3.91. The minimum absolute atomic E-state index is 0.0184. The molecule has 3 heteroatoms. The minimum atomic E-state index is -0.257. The van der Waals surface area contributed by atoms with Crippen LogP contribution in [0.1, 0.15) is 42.4 Å². The van der Waals surface area contributed by atoms with Crippen molar-refractivity contribution in [3.63, 3.8) is 0 Å². The Morgan fingerprint density at radius 3 is 3.00 bits per heavy atom. The number of allylic oxidation sites excluding steroid dienone is 1. The zero-order valence-electron chi connectivity index (χ0n) is 10.5. The number of ether oxygens (including phenoxy) is 1. The Labute approximate surface area is 102 Å². The molecule has 0 aliphatic carbocycles. The highest BCUT2D eigenvalue weighted by molar-refractivity contribution is 5.88. The zero-order valence-corrected chi connectivity index (χ0v) is 10.5. The highest BCUT2D eigenvalue weighted by Gasteiger charge is 2.34. The van der Waals surface area contributed by atoms with Gasteiger partial charge in [-0.1, -0.05) is 13.0 Å². The van der Waals surface area contributed by atoms with Crippen LogP contribution in [0.5, 0.6) is 0 Å². The molecule has 0 fully saturated rings. The molecule has 0 bridgehead atoms. The maximum Gasteiger partial charge on any atom is 0.354 e. The molecule has 3 nitrogen and oxygen atoms in total. The van der Waals surface area contributed by atoms with Gasteiger partial charge in [-0.3, -0.25) is 0 Å². The number of methoxy groups -OCH3 is 1. The molecule has 1 aromatic rings. The largest absolute Gasteiger partial charge is 0.464 e. The molecule has 0 saturated heterocycles. The maximum atomic E-state index is 11.7. The molecule has 0 amide bonds. The van der Waals surface area contributed by atoms with E-state index >= 15 is 0 Å². The first kappa shape index (κ1) is 12.0. The lowest BCUT2D eigenvalue weighted by Gasteiger charge is -2.35. The molecule has 0 aromatic carbocycles. The Morgan fingerprint density at radius 1 is 1.65 bits per heavy atom.